The average molecular weight is 282 g/mol. The fourth-order valence-corrected chi connectivity index (χ4v) is 2.56. The molecule has 0 aliphatic rings. The third kappa shape index (κ3) is 3.48. The van der Waals surface area contributed by atoms with Crippen LogP contribution in [0.1, 0.15) is 11.1 Å². The Kier molecular flexibility index (Phi) is 4.64. The van der Waals surface area contributed by atoms with E-state index in [0.717, 1.165) is 21.8 Å². The molecule has 0 atom stereocenters. The van der Waals surface area contributed by atoms with Crippen molar-refractivity contribution in [3.63, 3.8) is 0 Å². The summed E-state index contributed by atoms with van der Waals surface area (Å²) in [5, 5.41) is 0.173. The second-order valence-electron chi connectivity index (χ2n) is 3.89. The Morgan fingerprint density at radius 1 is 1.06 bits per heavy atom. The summed E-state index contributed by atoms with van der Waals surface area (Å²) in [6.07, 6.45) is 0. The van der Waals surface area contributed by atoms with Crippen molar-refractivity contribution in [3.8, 4) is 0 Å². The van der Waals surface area contributed by atoms with Gasteiger partial charge in [-0.2, -0.15) is 0 Å². The maximum Gasteiger partial charge on any atom is 0.141 e. The normalized spacial score (nSPS) is 10.6. The Hall–Kier alpha value is -1.03. The van der Waals surface area contributed by atoms with Gasteiger partial charge in [0.2, 0.25) is 0 Å². The van der Waals surface area contributed by atoms with Crippen molar-refractivity contribution in [2.45, 2.75) is 17.2 Å². The van der Waals surface area contributed by atoms with Gasteiger partial charge >= 0.3 is 0 Å². The fraction of sp³-hybridized carbons (Fsp3) is 0.143. The number of halogens is 2. The molecule has 94 valence electrons. The van der Waals surface area contributed by atoms with Crippen molar-refractivity contribution in [2.24, 2.45) is 5.73 Å². The molecule has 0 saturated heterocycles. The predicted octanol–water partition coefficient (Wildman–Crippen LogP) is 4.23. The van der Waals surface area contributed by atoms with Gasteiger partial charge in [0.1, 0.15) is 5.82 Å². The van der Waals surface area contributed by atoms with Gasteiger partial charge in [-0.05, 0) is 35.4 Å². The Morgan fingerprint density at radius 2 is 1.72 bits per heavy atom. The van der Waals surface area contributed by atoms with Crippen LogP contribution in [0.3, 0.4) is 0 Å². The van der Waals surface area contributed by atoms with E-state index in [4.69, 9.17) is 17.3 Å². The Labute approximate surface area is 115 Å². The van der Waals surface area contributed by atoms with Gasteiger partial charge in [-0.25, -0.2) is 4.39 Å². The molecule has 0 fully saturated rings. The van der Waals surface area contributed by atoms with Gasteiger partial charge in [0, 0.05) is 17.2 Å². The molecule has 0 radical (unpaired) electrons. The maximum atomic E-state index is 13.0. The summed E-state index contributed by atoms with van der Waals surface area (Å²) in [6.45, 7) is 0.554. The molecule has 0 amide bonds. The van der Waals surface area contributed by atoms with Crippen LogP contribution >= 0.6 is 23.4 Å². The van der Waals surface area contributed by atoms with Crippen molar-refractivity contribution >= 4 is 23.4 Å². The third-order valence-electron chi connectivity index (χ3n) is 2.55. The molecule has 2 aromatic carbocycles. The summed E-state index contributed by atoms with van der Waals surface area (Å²) in [6, 6.07) is 12.9. The molecule has 4 heteroatoms. The smallest absolute Gasteiger partial charge is 0.141 e. The highest BCUT2D eigenvalue weighted by Gasteiger charge is 2.02. The van der Waals surface area contributed by atoms with Crippen LogP contribution in [0.4, 0.5) is 4.39 Å². The fourth-order valence-electron chi connectivity index (χ4n) is 1.52. The summed E-state index contributed by atoms with van der Waals surface area (Å²) in [5.41, 5.74) is 7.66. The highest BCUT2D eigenvalue weighted by Crippen LogP contribution is 2.25. The van der Waals surface area contributed by atoms with E-state index in [1.807, 2.05) is 24.3 Å². The van der Waals surface area contributed by atoms with E-state index in [1.54, 1.807) is 23.9 Å². The average Bonchev–Trinajstić information content (AvgIpc) is 2.41. The number of rotatable bonds is 4. The number of hydrogen-bond acceptors (Lipinski definition) is 2. The molecule has 0 aromatic heterocycles. The quantitative estimate of drug-likeness (QED) is 0.849. The van der Waals surface area contributed by atoms with Crippen LogP contribution in [-0.4, -0.2) is 0 Å². The lowest BCUT2D eigenvalue weighted by Gasteiger charge is -2.04. The maximum absolute atomic E-state index is 13.0. The zero-order chi connectivity index (χ0) is 13.0. The molecule has 2 rings (SSSR count). The van der Waals surface area contributed by atoms with E-state index in [2.05, 4.69) is 0 Å². The molecule has 0 spiro atoms. The molecule has 1 nitrogen and oxygen atoms in total. The summed E-state index contributed by atoms with van der Waals surface area (Å²) in [4.78, 5) is 1.16. The van der Waals surface area contributed by atoms with Crippen LogP contribution in [0.25, 0.3) is 0 Å². The van der Waals surface area contributed by atoms with Crippen LogP contribution in [0, 0.1) is 5.82 Å². The summed E-state index contributed by atoms with van der Waals surface area (Å²) < 4.78 is 13.0. The lowest BCUT2D eigenvalue weighted by Crippen LogP contribution is -1.94. The molecule has 0 aliphatic heterocycles. The van der Waals surface area contributed by atoms with Crippen LogP contribution in [-0.2, 0) is 12.3 Å². The van der Waals surface area contributed by atoms with Gasteiger partial charge in [0.15, 0.2) is 0 Å². The van der Waals surface area contributed by atoms with E-state index in [9.17, 15) is 4.39 Å². The topological polar surface area (TPSA) is 26.0 Å². The SMILES string of the molecule is NCc1ccc(SCc2ccc(F)c(Cl)c2)cc1. The van der Waals surface area contributed by atoms with Crippen LogP contribution in [0.2, 0.25) is 5.02 Å². The van der Waals surface area contributed by atoms with Crippen molar-refractivity contribution in [1.82, 2.24) is 0 Å². The highest BCUT2D eigenvalue weighted by atomic mass is 35.5. The molecule has 0 bridgehead atoms. The van der Waals surface area contributed by atoms with E-state index in [0.29, 0.717) is 6.54 Å². The van der Waals surface area contributed by atoms with Gasteiger partial charge in [0.25, 0.3) is 0 Å². The van der Waals surface area contributed by atoms with E-state index in [-0.39, 0.29) is 10.8 Å². The first-order chi connectivity index (χ1) is 8.69. The van der Waals surface area contributed by atoms with Crippen molar-refractivity contribution in [1.29, 1.82) is 0 Å². The molecule has 2 aromatic rings. The van der Waals surface area contributed by atoms with Gasteiger partial charge in [-0.15, -0.1) is 11.8 Å². The first-order valence-corrected chi connectivity index (χ1v) is 6.91. The predicted molar refractivity (Wildman–Crippen MR) is 75.3 cm³/mol. The first-order valence-electron chi connectivity index (χ1n) is 5.55. The molecule has 0 aliphatic carbocycles. The van der Waals surface area contributed by atoms with Gasteiger partial charge in [0.05, 0.1) is 5.02 Å². The Bertz CT molecular complexity index is 528. The molecule has 0 unspecified atom stereocenters. The summed E-state index contributed by atoms with van der Waals surface area (Å²) in [7, 11) is 0. The largest absolute Gasteiger partial charge is 0.326 e. The zero-order valence-electron chi connectivity index (χ0n) is 9.70. The molecular formula is C14H13ClFNS. The number of nitrogens with two attached hydrogens (primary N) is 1. The van der Waals surface area contributed by atoms with E-state index < -0.39 is 0 Å². The number of benzene rings is 2. The highest BCUT2D eigenvalue weighted by molar-refractivity contribution is 7.98. The summed E-state index contributed by atoms with van der Waals surface area (Å²) >= 11 is 7.42. The number of thioether (sulfide) groups is 1. The zero-order valence-corrected chi connectivity index (χ0v) is 11.3. The van der Waals surface area contributed by atoms with E-state index in [1.165, 1.54) is 6.07 Å². The third-order valence-corrected chi connectivity index (χ3v) is 3.92. The minimum Gasteiger partial charge on any atom is -0.326 e. The van der Waals surface area contributed by atoms with Gasteiger partial charge < -0.3 is 5.73 Å². The Morgan fingerprint density at radius 3 is 2.33 bits per heavy atom. The minimum atomic E-state index is -0.377. The van der Waals surface area contributed by atoms with Gasteiger partial charge in [-0.3, -0.25) is 0 Å². The monoisotopic (exact) mass is 281 g/mol. The molecule has 0 heterocycles. The van der Waals surface area contributed by atoms with Crippen LogP contribution in [0.15, 0.2) is 47.4 Å². The minimum absolute atomic E-state index is 0.173. The first kappa shape index (κ1) is 13.4. The van der Waals surface area contributed by atoms with Crippen molar-refractivity contribution in [3.05, 3.63) is 64.4 Å². The molecule has 2 N–H and O–H groups in total. The Balaban J connectivity index is 1.99. The second kappa shape index (κ2) is 6.23. The molecule has 0 saturated carbocycles. The summed E-state index contributed by atoms with van der Waals surface area (Å²) in [5.74, 6) is 0.389. The number of hydrogen-bond donors (Lipinski definition) is 1. The van der Waals surface area contributed by atoms with Gasteiger partial charge in [-0.1, -0.05) is 29.8 Å². The van der Waals surface area contributed by atoms with E-state index >= 15 is 0 Å². The lowest BCUT2D eigenvalue weighted by molar-refractivity contribution is 0.628. The second-order valence-corrected chi connectivity index (χ2v) is 5.34. The standard InChI is InChI=1S/C14H13ClFNS/c15-13-7-11(3-6-14(13)16)9-18-12-4-1-10(8-17)2-5-12/h1-7H,8-9,17H2. The molecular weight excluding hydrogens is 269 g/mol. The van der Waals surface area contributed by atoms with Crippen LogP contribution in [0.5, 0.6) is 0 Å². The van der Waals surface area contributed by atoms with Crippen molar-refractivity contribution in [2.75, 3.05) is 0 Å². The van der Waals surface area contributed by atoms with Crippen LogP contribution < -0.4 is 5.73 Å². The lowest BCUT2D eigenvalue weighted by atomic mass is 10.2. The van der Waals surface area contributed by atoms with Crippen molar-refractivity contribution < 1.29 is 4.39 Å². The molecule has 18 heavy (non-hydrogen) atoms.